The van der Waals surface area contributed by atoms with Gasteiger partial charge < -0.3 is 20.8 Å². The van der Waals surface area contributed by atoms with E-state index in [1.807, 2.05) is 0 Å². The second-order valence-electron chi connectivity index (χ2n) is 4.70. The van der Waals surface area contributed by atoms with E-state index < -0.39 is 36.4 Å². The molecular formula is C14H18N2O5. The number of nitrogens with two attached hydrogens (primary N) is 1. The number of carboxylic acids is 2. The van der Waals surface area contributed by atoms with Gasteiger partial charge in [-0.05, 0) is 5.56 Å². The molecule has 0 aliphatic heterocycles. The minimum atomic E-state index is -1.26. The topological polar surface area (TPSA) is 121 Å². The summed E-state index contributed by atoms with van der Waals surface area (Å²) in [5, 5.41) is 17.9. The van der Waals surface area contributed by atoms with Crippen LogP contribution in [0.25, 0.3) is 0 Å². The number of likely N-dealkylation sites (N-methyl/N-ethyl adjacent to an activating group) is 1. The SMILES string of the molecule is CN(C(=O)[C@@H](N)CC(=O)O)[C@@H](Cc1ccccc1)C(=O)O. The molecule has 4 N–H and O–H groups in total. The number of hydrogen-bond donors (Lipinski definition) is 3. The summed E-state index contributed by atoms with van der Waals surface area (Å²) >= 11 is 0. The Bertz CT molecular complexity index is 517. The van der Waals surface area contributed by atoms with Gasteiger partial charge in [-0.3, -0.25) is 9.59 Å². The molecule has 2 atom stereocenters. The lowest BCUT2D eigenvalue weighted by molar-refractivity contribution is -0.150. The quantitative estimate of drug-likeness (QED) is 0.648. The van der Waals surface area contributed by atoms with Gasteiger partial charge in [0.2, 0.25) is 5.91 Å². The molecule has 1 aromatic rings. The second-order valence-corrected chi connectivity index (χ2v) is 4.70. The zero-order valence-corrected chi connectivity index (χ0v) is 11.6. The zero-order valence-electron chi connectivity index (χ0n) is 11.6. The fraction of sp³-hybridized carbons (Fsp3) is 0.357. The van der Waals surface area contributed by atoms with Crippen molar-refractivity contribution in [3.8, 4) is 0 Å². The van der Waals surface area contributed by atoms with Gasteiger partial charge in [-0.25, -0.2) is 4.79 Å². The van der Waals surface area contributed by atoms with Gasteiger partial charge in [-0.2, -0.15) is 0 Å². The van der Waals surface area contributed by atoms with E-state index in [-0.39, 0.29) is 6.42 Å². The highest BCUT2D eigenvalue weighted by Gasteiger charge is 2.30. The van der Waals surface area contributed by atoms with Crippen molar-refractivity contribution in [2.24, 2.45) is 5.73 Å². The molecule has 1 rings (SSSR count). The first-order valence-electron chi connectivity index (χ1n) is 6.33. The summed E-state index contributed by atoms with van der Waals surface area (Å²) < 4.78 is 0. The molecule has 1 aromatic carbocycles. The minimum Gasteiger partial charge on any atom is -0.481 e. The van der Waals surface area contributed by atoms with Gasteiger partial charge in [0.1, 0.15) is 6.04 Å². The van der Waals surface area contributed by atoms with Crippen molar-refractivity contribution < 1.29 is 24.6 Å². The third-order valence-electron chi connectivity index (χ3n) is 3.08. The summed E-state index contributed by atoms with van der Waals surface area (Å²) in [5.41, 5.74) is 6.25. The largest absolute Gasteiger partial charge is 0.481 e. The molecule has 0 heterocycles. The maximum Gasteiger partial charge on any atom is 0.326 e. The van der Waals surface area contributed by atoms with Crippen LogP contribution in [-0.2, 0) is 20.8 Å². The van der Waals surface area contributed by atoms with Crippen LogP contribution in [0.2, 0.25) is 0 Å². The number of amides is 1. The van der Waals surface area contributed by atoms with Crippen LogP contribution in [0.5, 0.6) is 0 Å². The maximum absolute atomic E-state index is 12.0. The van der Waals surface area contributed by atoms with Crippen LogP contribution in [0.3, 0.4) is 0 Å². The summed E-state index contributed by atoms with van der Waals surface area (Å²) in [4.78, 5) is 34.9. The van der Waals surface area contributed by atoms with E-state index in [9.17, 15) is 19.5 Å². The monoisotopic (exact) mass is 294 g/mol. The van der Waals surface area contributed by atoms with Gasteiger partial charge in [-0.15, -0.1) is 0 Å². The van der Waals surface area contributed by atoms with Crippen LogP contribution >= 0.6 is 0 Å². The second kappa shape index (κ2) is 7.39. The number of hydrogen-bond acceptors (Lipinski definition) is 4. The number of carbonyl (C=O) groups is 3. The predicted octanol–water partition coefficient (Wildman–Crippen LogP) is -0.0573. The van der Waals surface area contributed by atoms with E-state index in [0.29, 0.717) is 0 Å². The Hall–Kier alpha value is -2.41. The Morgan fingerprint density at radius 2 is 1.76 bits per heavy atom. The van der Waals surface area contributed by atoms with Gasteiger partial charge in [0, 0.05) is 13.5 Å². The van der Waals surface area contributed by atoms with Gasteiger partial charge in [-0.1, -0.05) is 30.3 Å². The molecule has 7 nitrogen and oxygen atoms in total. The minimum absolute atomic E-state index is 0.123. The summed E-state index contributed by atoms with van der Waals surface area (Å²) in [6.45, 7) is 0. The maximum atomic E-state index is 12.0. The van der Waals surface area contributed by atoms with Crippen LogP contribution in [0.15, 0.2) is 30.3 Å². The molecule has 0 bridgehead atoms. The molecule has 0 aromatic heterocycles. The van der Waals surface area contributed by atoms with Crippen molar-refractivity contribution >= 4 is 17.8 Å². The first-order chi connectivity index (χ1) is 9.82. The third kappa shape index (κ3) is 4.88. The summed E-state index contributed by atoms with van der Waals surface area (Å²) in [7, 11) is 1.31. The molecule has 114 valence electrons. The van der Waals surface area contributed by atoms with E-state index >= 15 is 0 Å². The Labute approximate surface area is 122 Å². The molecule has 0 radical (unpaired) electrons. The zero-order chi connectivity index (χ0) is 16.0. The average Bonchev–Trinajstić information content (AvgIpc) is 2.43. The first-order valence-corrected chi connectivity index (χ1v) is 6.33. The van der Waals surface area contributed by atoms with Crippen molar-refractivity contribution in [1.29, 1.82) is 0 Å². The Kier molecular flexibility index (Phi) is 5.86. The number of nitrogens with zero attached hydrogens (tertiary/aromatic N) is 1. The molecule has 1 amide bonds. The molecule has 0 spiro atoms. The number of rotatable bonds is 7. The average molecular weight is 294 g/mol. The number of carboxylic acid groups (broad SMARTS) is 2. The number of benzene rings is 1. The molecule has 0 saturated heterocycles. The standard InChI is InChI=1S/C14H18N2O5/c1-16(13(19)10(15)8-12(17)18)11(14(20)21)7-9-5-3-2-4-6-9/h2-6,10-11H,7-8,15H2,1H3,(H,17,18)(H,20,21)/t10-,11-/m0/s1. The fourth-order valence-corrected chi connectivity index (χ4v) is 1.92. The highest BCUT2D eigenvalue weighted by atomic mass is 16.4. The van der Waals surface area contributed by atoms with Crippen molar-refractivity contribution in [3.63, 3.8) is 0 Å². The Morgan fingerprint density at radius 1 is 1.19 bits per heavy atom. The number of aliphatic carboxylic acids is 2. The summed E-state index contributed by atoms with van der Waals surface area (Å²) in [5.74, 6) is -3.09. The molecule has 0 aliphatic rings. The van der Waals surface area contributed by atoms with Gasteiger partial charge in [0.05, 0.1) is 12.5 Å². The summed E-state index contributed by atoms with van der Waals surface area (Å²) in [6, 6.07) is 6.50. The van der Waals surface area contributed by atoms with E-state index in [1.54, 1.807) is 30.3 Å². The fourth-order valence-electron chi connectivity index (χ4n) is 1.92. The Morgan fingerprint density at radius 3 is 2.24 bits per heavy atom. The van der Waals surface area contributed by atoms with Crippen LogP contribution in [-0.4, -0.2) is 52.1 Å². The third-order valence-corrected chi connectivity index (χ3v) is 3.08. The molecule has 0 aliphatic carbocycles. The lowest BCUT2D eigenvalue weighted by Gasteiger charge is -2.27. The van der Waals surface area contributed by atoms with E-state index in [1.165, 1.54) is 7.05 Å². The van der Waals surface area contributed by atoms with Crippen molar-refractivity contribution in [3.05, 3.63) is 35.9 Å². The van der Waals surface area contributed by atoms with Crippen LogP contribution in [0.1, 0.15) is 12.0 Å². The van der Waals surface area contributed by atoms with Crippen molar-refractivity contribution in [2.45, 2.75) is 24.9 Å². The van der Waals surface area contributed by atoms with Crippen molar-refractivity contribution in [1.82, 2.24) is 4.90 Å². The van der Waals surface area contributed by atoms with Gasteiger partial charge in [0.25, 0.3) is 0 Å². The highest BCUT2D eigenvalue weighted by Crippen LogP contribution is 2.10. The molecule has 0 unspecified atom stereocenters. The van der Waals surface area contributed by atoms with Gasteiger partial charge in [0.15, 0.2) is 0 Å². The smallest absolute Gasteiger partial charge is 0.326 e. The van der Waals surface area contributed by atoms with Crippen LogP contribution in [0.4, 0.5) is 0 Å². The normalized spacial score (nSPS) is 13.2. The first kappa shape index (κ1) is 16.6. The van der Waals surface area contributed by atoms with E-state index in [0.717, 1.165) is 10.5 Å². The van der Waals surface area contributed by atoms with E-state index in [4.69, 9.17) is 10.8 Å². The van der Waals surface area contributed by atoms with E-state index in [2.05, 4.69) is 0 Å². The molecular weight excluding hydrogens is 276 g/mol. The predicted molar refractivity (Wildman–Crippen MR) is 74.6 cm³/mol. The summed E-state index contributed by atoms with van der Waals surface area (Å²) in [6.07, 6.45) is -0.418. The van der Waals surface area contributed by atoms with Gasteiger partial charge >= 0.3 is 11.9 Å². The lowest BCUT2D eigenvalue weighted by Crippen LogP contribution is -2.50. The molecule has 7 heteroatoms. The van der Waals surface area contributed by atoms with Crippen LogP contribution in [0, 0.1) is 0 Å². The Balaban J connectivity index is 2.82. The molecule has 0 fully saturated rings. The van der Waals surface area contributed by atoms with Crippen molar-refractivity contribution in [2.75, 3.05) is 7.05 Å². The molecule has 0 saturated carbocycles. The highest BCUT2D eigenvalue weighted by molar-refractivity contribution is 5.89. The van der Waals surface area contributed by atoms with Crippen LogP contribution < -0.4 is 5.73 Å². The lowest BCUT2D eigenvalue weighted by atomic mass is 10.0. The number of carbonyl (C=O) groups excluding carboxylic acids is 1. The molecule has 21 heavy (non-hydrogen) atoms.